The van der Waals surface area contributed by atoms with Crippen molar-refractivity contribution in [2.45, 2.75) is 58.5 Å². The third-order valence-corrected chi connectivity index (χ3v) is 8.10. The third-order valence-electron chi connectivity index (χ3n) is 8.10. The van der Waals surface area contributed by atoms with E-state index in [9.17, 15) is 0 Å². The van der Waals surface area contributed by atoms with Crippen LogP contribution in [0, 0.1) is 17.3 Å². The van der Waals surface area contributed by atoms with Crippen LogP contribution in [0.2, 0.25) is 0 Å². The number of benzene rings is 1. The summed E-state index contributed by atoms with van der Waals surface area (Å²) in [7, 11) is -0.383. The van der Waals surface area contributed by atoms with Crippen LogP contribution in [0.25, 0.3) is 0 Å². The molecule has 170 valence electrons. The van der Waals surface area contributed by atoms with Crippen LogP contribution in [-0.4, -0.2) is 58.5 Å². The summed E-state index contributed by atoms with van der Waals surface area (Å²) in [6.45, 7) is 11.4. The number of hydrogen-bond donors (Lipinski definition) is 0. The molecule has 6 nitrogen and oxygen atoms in total. The summed E-state index contributed by atoms with van der Waals surface area (Å²) in [5, 5.41) is 0. The molecular weight excluding hydrogens is 395 g/mol. The van der Waals surface area contributed by atoms with Gasteiger partial charge in [0.2, 0.25) is 0 Å². The molecule has 1 aromatic carbocycles. The highest BCUT2D eigenvalue weighted by molar-refractivity contribution is 6.63. The average molecular weight is 430 g/mol. The van der Waals surface area contributed by atoms with E-state index < -0.39 is 0 Å². The van der Waals surface area contributed by atoms with Crippen LogP contribution in [0.3, 0.4) is 0 Å². The molecule has 0 spiro atoms. The summed E-state index contributed by atoms with van der Waals surface area (Å²) in [6.07, 6.45) is 2.47. The van der Waals surface area contributed by atoms with Crippen molar-refractivity contribution in [3.8, 4) is 0 Å². The molecule has 0 N–H and O–H groups in total. The maximum absolute atomic E-state index is 6.79. The lowest BCUT2D eigenvalue weighted by Crippen LogP contribution is -2.65. The van der Waals surface area contributed by atoms with Crippen molar-refractivity contribution in [3.63, 3.8) is 0 Å². The topological polar surface area (TPSA) is 55.4 Å². The summed E-state index contributed by atoms with van der Waals surface area (Å²) in [5.74, 6) is 1.27. The summed E-state index contributed by atoms with van der Waals surface area (Å²) < 4.78 is 36.4. The molecule has 4 unspecified atom stereocenters. The van der Waals surface area contributed by atoms with Crippen LogP contribution in [0.1, 0.15) is 44.7 Å². The first-order chi connectivity index (χ1) is 15.0. The van der Waals surface area contributed by atoms with Gasteiger partial charge in [0.25, 0.3) is 0 Å². The Morgan fingerprint density at radius 3 is 1.97 bits per heavy atom. The molecule has 4 atom stereocenters. The van der Waals surface area contributed by atoms with Gasteiger partial charge < -0.3 is 28.3 Å². The van der Waals surface area contributed by atoms with Crippen molar-refractivity contribution in [2.24, 2.45) is 17.3 Å². The van der Waals surface area contributed by atoms with Gasteiger partial charge in [-0.2, -0.15) is 0 Å². The van der Waals surface area contributed by atoms with Gasteiger partial charge in [-0.15, -0.1) is 0 Å². The van der Waals surface area contributed by atoms with Gasteiger partial charge in [-0.3, -0.25) is 0 Å². The van der Waals surface area contributed by atoms with Crippen LogP contribution in [0.4, 0.5) is 0 Å². The summed E-state index contributed by atoms with van der Waals surface area (Å²) in [5.41, 5.74) is 3.36. The SMILES string of the molecule is CC1(C)C2CC3OB(c4c5cccc4COCCOCCOCCOC5)OC3(C)C1C2. The quantitative estimate of drug-likeness (QED) is 0.639. The monoisotopic (exact) mass is 430 g/mol. The predicted molar refractivity (Wildman–Crippen MR) is 117 cm³/mol. The largest absolute Gasteiger partial charge is 0.495 e. The van der Waals surface area contributed by atoms with Crippen molar-refractivity contribution >= 4 is 12.6 Å². The predicted octanol–water partition coefficient (Wildman–Crippen LogP) is 2.70. The van der Waals surface area contributed by atoms with Gasteiger partial charge >= 0.3 is 7.12 Å². The Kier molecular flexibility index (Phi) is 6.18. The Hall–Kier alpha value is -0.955. The van der Waals surface area contributed by atoms with E-state index in [1.54, 1.807) is 0 Å². The van der Waals surface area contributed by atoms with E-state index in [0.717, 1.165) is 28.9 Å². The molecule has 0 radical (unpaired) electrons. The maximum atomic E-state index is 6.79. The van der Waals surface area contributed by atoms with Crippen LogP contribution in [-0.2, 0) is 41.5 Å². The fourth-order valence-corrected chi connectivity index (χ4v) is 6.13. The first-order valence-electron chi connectivity index (χ1n) is 11.7. The molecule has 3 saturated carbocycles. The Labute approximate surface area is 186 Å². The van der Waals surface area contributed by atoms with Crippen LogP contribution in [0.15, 0.2) is 18.2 Å². The average Bonchev–Trinajstić information content (AvgIpc) is 3.10. The van der Waals surface area contributed by atoms with Crippen molar-refractivity contribution in [1.82, 2.24) is 0 Å². The molecule has 2 heterocycles. The zero-order valence-electron chi connectivity index (χ0n) is 19.1. The minimum atomic E-state index is -0.383. The smallest absolute Gasteiger partial charge is 0.401 e. The molecule has 0 amide bonds. The third kappa shape index (κ3) is 3.98. The molecule has 6 rings (SSSR count). The van der Waals surface area contributed by atoms with Gasteiger partial charge in [-0.1, -0.05) is 32.0 Å². The van der Waals surface area contributed by atoms with Gasteiger partial charge in [0.05, 0.1) is 64.6 Å². The highest BCUT2D eigenvalue weighted by Crippen LogP contribution is 2.65. The summed E-state index contributed by atoms with van der Waals surface area (Å²) in [6, 6.07) is 6.29. The molecule has 2 aliphatic heterocycles. The molecule has 1 aromatic rings. The van der Waals surface area contributed by atoms with E-state index in [1.165, 1.54) is 6.42 Å². The first kappa shape index (κ1) is 21.9. The highest BCUT2D eigenvalue weighted by Gasteiger charge is 2.68. The fraction of sp³-hybridized carbons (Fsp3) is 0.750. The van der Waals surface area contributed by atoms with Crippen LogP contribution >= 0.6 is 0 Å². The van der Waals surface area contributed by atoms with Crippen LogP contribution in [0.5, 0.6) is 0 Å². The Morgan fingerprint density at radius 1 is 0.806 bits per heavy atom. The Bertz CT molecular complexity index is 753. The zero-order valence-corrected chi connectivity index (χ0v) is 19.1. The van der Waals surface area contributed by atoms with Gasteiger partial charge in [0.15, 0.2) is 0 Å². The lowest BCUT2D eigenvalue weighted by Gasteiger charge is -2.64. The normalized spacial score (nSPS) is 36.1. The Balaban J connectivity index is 1.40. The van der Waals surface area contributed by atoms with Gasteiger partial charge in [-0.25, -0.2) is 0 Å². The highest BCUT2D eigenvalue weighted by atomic mass is 16.7. The zero-order chi connectivity index (χ0) is 21.5. The minimum Gasteiger partial charge on any atom is -0.401 e. The lowest BCUT2D eigenvalue weighted by atomic mass is 9.43. The van der Waals surface area contributed by atoms with Gasteiger partial charge in [0, 0.05) is 0 Å². The molecule has 3 aliphatic carbocycles. The fourth-order valence-electron chi connectivity index (χ4n) is 6.13. The number of hydrogen-bond acceptors (Lipinski definition) is 6. The Morgan fingerprint density at radius 2 is 1.39 bits per heavy atom. The molecule has 4 fully saturated rings. The first-order valence-corrected chi connectivity index (χ1v) is 11.7. The van der Waals surface area contributed by atoms with Crippen molar-refractivity contribution in [3.05, 3.63) is 29.3 Å². The number of fused-ring (bicyclic) bond motifs is 2. The van der Waals surface area contributed by atoms with Crippen molar-refractivity contribution in [2.75, 3.05) is 39.6 Å². The molecule has 7 heteroatoms. The van der Waals surface area contributed by atoms with Crippen LogP contribution < -0.4 is 5.46 Å². The van der Waals surface area contributed by atoms with Crippen molar-refractivity contribution < 1.29 is 28.3 Å². The van der Waals surface area contributed by atoms with Crippen molar-refractivity contribution in [1.29, 1.82) is 0 Å². The summed E-state index contributed by atoms with van der Waals surface area (Å²) >= 11 is 0. The van der Waals surface area contributed by atoms with E-state index in [-0.39, 0.29) is 18.8 Å². The molecule has 5 aliphatic rings. The maximum Gasteiger partial charge on any atom is 0.495 e. The van der Waals surface area contributed by atoms with Gasteiger partial charge in [0.1, 0.15) is 0 Å². The second kappa shape index (κ2) is 8.77. The minimum absolute atomic E-state index is 0.146. The van der Waals surface area contributed by atoms with E-state index in [2.05, 4.69) is 39.0 Å². The number of ether oxygens (including phenoxy) is 4. The molecule has 4 bridgehead atoms. The van der Waals surface area contributed by atoms with E-state index >= 15 is 0 Å². The molecular formula is C24H35BO6. The molecule has 1 saturated heterocycles. The standard InChI is InChI=1S/C24H35BO6/c1-23(2)19-13-20(23)24(3)21(14-19)30-25(31-24)22-17-5-4-6-18(22)16-29-12-10-27-8-7-26-9-11-28-15-17/h4-6,19-21H,7-16H2,1-3H3. The second-order valence-electron chi connectivity index (χ2n) is 10.1. The van der Waals surface area contributed by atoms with E-state index in [0.29, 0.717) is 64.2 Å². The molecule has 0 aromatic heterocycles. The second-order valence-corrected chi connectivity index (χ2v) is 10.1. The summed E-state index contributed by atoms with van der Waals surface area (Å²) in [4.78, 5) is 0. The van der Waals surface area contributed by atoms with E-state index in [4.69, 9.17) is 28.3 Å². The molecule has 31 heavy (non-hydrogen) atoms. The van der Waals surface area contributed by atoms with E-state index in [1.807, 2.05) is 0 Å². The van der Waals surface area contributed by atoms with Gasteiger partial charge in [-0.05, 0) is 53.6 Å². The lowest BCUT2D eigenvalue weighted by molar-refractivity contribution is -0.199. The number of rotatable bonds is 1.